The van der Waals surface area contributed by atoms with E-state index >= 15 is 0 Å². The molecule has 1 N–H and O–H groups in total. The third-order valence-electron chi connectivity index (χ3n) is 4.92. The van der Waals surface area contributed by atoms with E-state index in [1.165, 1.54) is 4.90 Å². The van der Waals surface area contributed by atoms with Gasteiger partial charge in [-0.1, -0.05) is 15.9 Å². The van der Waals surface area contributed by atoms with Crippen LogP contribution in [-0.4, -0.2) is 28.6 Å². The second kappa shape index (κ2) is 8.49. The van der Waals surface area contributed by atoms with Gasteiger partial charge in [0.1, 0.15) is 11.3 Å². The van der Waals surface area contributed by atoms with E-state index in [-0.39, 0.29) is 10.7 Å². The lowest BCUT2D eigenvalue weighted by Gasteiger charge is -2.30. The molecule has 31 heavy (non-hydrogen) atoms. The van der Waals surface area contributed by atoms with Gasteiger partial charge in [-0.25, -0.2) is 0 Å². The lowest BCUT2D eigenvalue weighted by Crippen LogP contribution is -2.54. The molecule has 1 saturated heterocycles. The van der Waals surface area contributed by atoms with E-state index < -0.39 is 11.8 Å². The Hall–Kier alpha value is -3.23. The molecule has 6 nitrogen and oxygen atoms in total. The predicted octanol–water partition coefficient (Wildman–Crippen LogP) is 4.39. The van der Waals surface area contributed by atoms with E-state index in [1.54, 1.807) is 19.3 Å². The number of rotatable bonds is 4. The van der Waals surface area contributed by atoms with Crippen molar-refractivity contribution in [1.29, 1.82) is 0 Å². The Bertz CT molecular complexity index is 1230. The first-order chi connectivity index (χ1) is 14.9. The summed E-state index contributed by atoms with van der Waals surface area (Å²) in [6, 6.07) is 16.7. The zero-order chi connectivity index (χ0) is 22.1. The van der Waals surface area contributed by atoms with E-state index in [4.69, 9.17) is 17.0 Å². The maximum Gasteiger partial charge on any atom is 0.270 e. The molecule has 1 aliphatic rings. The summed E-state index contributed by atoms with van der Waals surface area (Å²) in [6.45, 7) is 1.88. The normalized spacial score (nSPS) is 15.4. The standard InChI is InChI=1S/C23H18BrN3O3S/c1-14-12-15(24)5-10-20(14)27-22(29)19(21(28)25-23(27)31)13-17-4-3-11-26(17)16-6-8-18(30-2)9-7-16/h3-13H,1-2H3,(H,25,28,31)/b19-13+. The van der Waals surface area contributed by atoms with Crippen molar-refractivity contribution in [3.63, 3.8) is 0 Å². The van der Waals surface area contributed by atoms with Gasteiger partial charge in [0, 0.05) is 22.1 Å². The molecule has 4 rings (SSSR count). The fourth-order valence-corrected chi connectivity index (χ4v) is 4.13. The van der Waals surface area contributed by atoms with Crippen molar-refractivity contribution in [2.45, 2.75) is 6.92 Å². The number of nitrogens with zero attached hydrogens (tertiary/aromatic N) is 2. The molecule has 2 aromatic carbocycles. The number of amides is 2. The Balaban J connectivity index is 1.74. The number of anilines is 1. The first-order valence-corrected chi connectivity index (χ1v) is 10.6. The van der Waals surface area contributed by atoms with Gasteiger partial charge in [0.25, 0.3) is 11.8 Å². The molecule has 1 fully saturated rings. The maximum absolute atomic E-state index is 13.3. The van der Waals surface area contributed by atoms with Crippen LogP contribution in [0.15, 0.2) is 70.8 Å². The minimum atomic E-state index is -0.525. The van der Waals surface area contributed by atoms with Gasteiger partial charge in [-0.3, -0.25) is 19.8 Å². The van der Waals surface area contributed by atoms with Gasteiger partial charge in [-0.05, 0) is 85.4 Å². The van der Waals surface area contributed by atoms with Crippen molar-refractivity contribution in [2.24, 2.45) is 0 Å². The molecule has 0 radical (unpaired) electrons. The van der Waals surface area contributed by atoms with Gasteiger partial charge in [0.05, 0.1) is 12.8 Å². The molecule has 1 aliphatic heterocycles. The fourth-order valence-electron chi connectivity index (χ4n) is 3.38. The number of ether oxygens (including phenoxy) is 1. The highest BCUT2D eigenvalue weighted by atomic mass is 79.9. The van der Waals surface area contributed by atoms with E-state index in [9.17, 15) is 9.59 Å². The lowest BCUT2D eigenvalue weighted by molar-refractivity contribution is -0.122. The van der Waals surface area contributed by atoms with E-state index in [2.05, 4.69) is 21.2 Å². The largest absolute Gasteiger partial charge is 0.497 e. The summed E-state index contributed by atoms with van der Waals surface area (Å²) in [5.41, 5.74) is 3.03. The van der Waals surface area contributed by atoms with Gasteiger partial charge >= 0.3 is 0 Å². The SMILES string of the molecule is COc1ccc(-n2cccc2/C=C2\C(=O)NC(=S)N(c3ccc(Br)cc3C)C2=O)cc1. The molecule has 8 heteroatoms. The van der Waals surface area contributed by atoms with Crippen LogP contribution in [0.1, 0.15) is 11.3 Å². The van der Waals surface area contributed by atoms with Gasteiger partial charge < -0.3 is 9.30 Å². The van der Waals surface area contributed by atoms with Crippen molar-refractivity contribution >= 4 is 56.8 Å². The lowest BCUT2D eigenvalue weighted by atomic mass is 10.1. The maximum atomic E-state index is 13.3. The minimum absolute atomic E-state index is 0.00406. The molecule has 2 heterocycles. The number of halogens is 1. The molecule has 0 bridgehead atoms. The van der Waals surface area contributed by atoms with Crippen molar-refractivity contribution in [2.75, 3.05) is 12.0 Å². The molecule has 0 atom stereocenters. The number of carbonyl (C=O) groups excluding carboxylic acids is 2. The summed E-state index contributed by atoms with van der Waals surface area (Å²) in [5.74, 6) is -0.253. The molecule has 3 aromatic rings. The second-order valence-corrected chi connectivity index (χ2v) is 8.19. The summed E-state index contributed by atoms with van der Waals surface area (Å²) < 4.78 is 7.98. The smallest absolute Gasteiger partial charge is 0.270 e. The summed E-state index contributed by atoms with van der Waals surface area (Å²) in [7, 11) is 1.61. The Morgan fingerprint density at radius 1 is 1.10 bits per heavy atom. The number of carbonyl (C=O) groups is 2. The summed E-state index contributed by atoms with van der Waals surface area (Å²) in [5, 5.41) is 2.69. The highest BCUT2D eigenvalue weighted by Crippen LogP contribution is 2.28. The summed E-state index contributed by atoms with van der Waals surface area (Å²) in [4.78, 5) is 27.3. The average Bonchev–Trinajstić information content (AvgIpc) is 3.21. The Morgan fingerprint density at radius 2 is 1.84 bits per heavy atom. The highest BCUT2D eigenvalue weighted by Gasteiger charge is 2.35. The van der Waals surface area contributed by atoms with Crippen LogP contribution in [0.2, 0.25) is 0 Å². The van der Waals surface area contributed by atoms with E-state index in [1.807, 2.05) is 66.2 Å². The fraction of sp³-hybridized carbons (Fsp3) is 0.0870. The third kappa shape index (κ3) is 4.04. The van der Waals surface area contributed by atoms with Crippen LogP contribution in [-0.2, 0) is 9.59 Å². The van der Waals surface area contributed by atoms with Crippen molar-refractivity contribution in [3.8, 4) is 11.4 Å². The van der Waals surface area contributed by atoms with Gasteiger partial charge in [0.2, 0.25) is 0 Å². The topological polar surface area (TPSA) is 63.6 Å². The van der Waals surface area contributed by atoms with Gasteiger partial charge in [-0.15, -0.1) is 0 Å². The van der Waals surface area contributed by atoms with Crippen LogP contribution in [0, 0.1) is 6.92 Å². The molecular weight excluding hydrogens is 478 g/mol. The summed E-state index contributed by atoms with van der Waals surface area (Å²) in [6.07, 6.45) is 3.44. The number of hydrogen-bond donors (Lipinski definition) is 1. The van der Waals surface area contributed by atoms with Gasteiger partial charge in [0.15, 0.2) is 5.11 Å². The van der Waals surface area contributed by atoms with Crippen LogP contribution in [0.5, 0.6) is 5.75 Å². The van der Waals surface area contributed by atoms with Crippen LogP contribution in [0.3, 0.4) is 0 Å². The third-order valence-corrected chi connectivity index (χ3v) is 5.70. The first kappa shape index (κ1) is 21.0. The minimum Gasteiger partial charge on any atom is -0.497 e. The molecule has 2 amide bonds. The number of benzene rings is 2. The number of nitrogens with one attached hydrogen (secondary N) is 1. The van der Waals surface area contributed by atoms with E-state index in [0.717, 1.165) is 21.5 Å². The Morgan fingerprint density at radius 3 is 2.52 bits per heavy atom. The molecule has 0 unspecified atom stereocenters. The Labute approximate surface area is 193 Å². The monoisotopic (exact) mass is 495 g/mol. The van der Waals surface area contributed by atoms with Crippen molar-refractivity contribution < 1.29 is 14.3 Å². The number of aryl methyl sites for hydroxylation is 1. The quantitative estimate of drug-likeness (QED) is 0.331. The first-order valence-electron chi connectivity index (χ1n) is 9.38. The molecular formula is C23H18BrN3O3S. The molecule has 0 spiro atoms. The van der Waals surface area contributed by atoms with Gasteiger partial charge in [-0.2, -0.15) is 0 Å². The summed E-state index contributed by atoms with van der Waals surface area (Å²) >= 11 is 8.72. The highest BCUT2D eigenvalue weighted by molar-refractivity contribution is 9.10. The van der Waals surface area contributed by atoms with Crippen molar-refractivity contribution in [1.82, 2.24) is 9.88 Å². The van der Waals surface area contributed by atoms with E-state index in [0.29, 0.717) is 11.4 Å². The molecule has 156 valence electrons. The zero-order valence-corrected chi connectivity index (χ0v) is 19.2. The number of thiocarbonyl (C=S) groups is 1. The van der Waals surface area contributed by atoms with Crippen molar-refractivity contribution in [3.05, 3.63) is 82.1 Å². The second-order valence-electron chi connectivity index (χ2n) is 6.89. The average molecular weight is 496 g/mol. The molecule has 0 aliphatic carbocycles. The number of aromatic nitrogens is 1. The van der Waals surface area contributed by atoms with Crippen LogP contribution >= 0.6 is 28.1 Å². The van der Waals surface area contributed by atoms with Crippen LogP contribution in [0.25, 0.3) is 11.8 Å². The zero-order valence-electron chi connectivity index (χ0n) is 16.8. The number of methoxy groups -OCH3 is 1. The Kier molecular flexibility index (Phi) is 5.75. The molecule has 0 saturated carbocycles. The number of hydrogen-bond acceptors (Lipinski definition) is 4. The van der Waals surface area contributed by atoms with Crippen LogP contribution in [0.4, 0.5) is 5.69 Å². The molecule has 1 aromatic heterocycles. The van der Waals surface area contributed by atoms with Crippen LogP contribution < -0.4 is 15.0 Å². The predicted molar refractivity (Wildman–Crippen MR) is 127 cm³/mol.